The topological polar surface area (TPSA) is 46.3 Å². The molecule has 0 aliphatic rings. The fourth-order valence-corrected chi connectivity index (χ4v) is 2.95. The molecule has 2 N–H and O–H groups in total. The summed E-state index contributed by atoms with van der Waals surface area (Å²) in [7, 11) is 1.73. The zero-order chi connectivity index (χ0) is 15.9. The molecule has 1 aromatic rings. The van der Waals surface area contributed by atoms with Crippen molar-refractivity contribution in [2.45, 2.75) is 46.1 Å². The second kappa shape index (κ2) is 8.13. The summed E-state index contributed by atoms with van der Waals surface area (Å²) >= 11 is 0. The molecule has 0 bridgehead atoms. The van der Waals surface area contributed by atoms with Gasteiger partial charge in [-0.1, -0.05) is 44.9 Å². The van der Waals surface area contributed by atoms with Gasteiger partial charge in [0.05, 0.1) is 5.41 Å². The number of hydrogen-bond donors (Lipinski definition) is 1. The van der Waals surface area contributed by atoms with E-state index >= 15 is 0 Å². The maximum absolute atomic E-state index is 13.7. The summed E-state index contributed by atoms with van der Waals surface area (Å²) in [4.78, 5) is 14.4. The van der Waals surface area contributed by atoms with Gasteiger partial charge in [-0.05, 0) is 18.9 Å². The molecule has 1 amide bonds. The molecule has 1 rings (SSSR count). The average Bonchev–Trinajstić information content (AvgIpc) is 2.48. The van der Waals surface area contributed by atoms with E-state index in [1.807, 2.05) is 0 Å². The van der Waals surface area contributed by atoms with Crippen molar-refractivity contribution in [2.24, 2.45) is 11.1 Å². The molecule has 0 saturated carbocycles. The van der Waals surface area contributed by atoms with Gasteiger partial charge in [-0.3, -0.25) is 4.79 Å². The number of nitrogens with two attached hydrogens (primary N) is 1. The van der Waals surface area contributed by atoms with E-state index in [1.54, 1.807) is 30.1 Å². The molecule has 21 heavy (non-hydrogen) atoms. The number of benzene rings is 1. The highest BCUT2D eigenvalue weighted by Crippen LogP contribution is 2.31. The van der Waals surface area contributed by atoms with Gasteiger partial charge in [0.15, 0.2) is 0 Å². The van der Waals surface area contributed by atoms with Gasteiger partial charge in [0, 0.05) is 25.7 Å². The van der Waals surface area contributed by atoms with Gasteiger partial charge in [-0.2, -0.15) is 0 Å². The first kappa shape index (κ1) is 17.6. The van der Waals surface area contributed by atoms with Gasteiger partial charge in [0.2, 0.25) is 5.91 Å². The third kappa shape index (κ3) is 4.27. The molecule has 0 heterocycles. The van der Waals surface area contributed by atoms with Crippen LogP contribution in [-0.4, -0.2) is 24.4 Å². The first-order valence-electron chi connectivity index (χ1n) is 7.69. The van der Waals surface area contributed by atoms with Crippen LogP contribution in [-0.2, 0) is 11.3 Å². The summed E-state index contributed by atoms with van der Waals surface area (Å²) in [5.74, 6) is -0.251. The minimum Gasteiger partial charge on any atom is -0.341 e. The van der Waals surface area contributed by atoms with Gasteiger partial charge < -0.3 is 10.6 Å². The Kier molecular flexibility index (Phi) is 6.82. The molecule has 0 radical (unpaired) electrons. The van der Waals surface area contributed by atoms with E-state index in [1.165, 1.54) is 6.07 Å². The first-order chi connectivity index (χ1) is 10.0. The molecule has 0 aliphatic carbocycles. The van der Waals surface area contributed by atoms with Gasteiger partial charge in [0.1, 0.15) is 5.82 Å². The second-order valence-corrected chi connectivity index (χ2v) is 5.74. The van der Waals surface area contributed by atoms with Crippen LogP contribution in [0.15, 0.2) is 24.3 Å². The van der Waals surface area contributed by atoms with E-state index in [-0.39, 0.29) is 18.3 Å². The fraction of sp³-hybridized carbons (Fsp3) is 0.588. The summed E-state index contributed by atoms with van der Waals surface area (Å²) in [5, 5.41) is 0. The molecule has 1 aromatic carbocycles. The van der Waals surface area contributed by atoms with Crippen molar-refractivity contribution in [3.05, 3.63) is 35.6 Å². The molecular formula is C17H27FN2O. The number of nitrogens with zero attached hydrogens (tertiary/aromatic N) is 1. The second-order valence-electron chi connectivity index (χ2n) is 5.74. The monoisotopic (exact) mass is 294 g/mol. The van der Waals surface area contributed by atoms with Crippen molar-refractivity contribution < 1.29 is 9.18 Å². The zero-order valence-electron chi connectivity index (χ0n) is 13.4. The number of hydrogen-bond acceptors (Lipinski definition) is 2. The van der Waals surface area contributed by atoms with Crippen LogP contribution in [0.2, 0.25) is 0 Å². The van der Waals surface area contributed by atoms with E-state index in [0.29, 0.717) is 12.1 Å². The van der Waals surface area contributed by atoms with Crippen molar-refractivity contribution in [1.82, 2.24) is 4.90 Å². The Morgan fingerprint density at radius 3 is 2.29 bits per heavy atom. The lowest BCUT2D eigenvalue weighted by Crippen LogP contribution is -2.46. The van der Waals surface area contributed by atoms with Gasteiger partial charge in [-0.25, -0.2) is 4.39 Å². The lowest BCUT2D eigenvalue weighted by atomic mass is 9.78. The van der Waals surface area contributed by atoms with Gasteiger partial charge in [0.25, 0.3) is 0 Å². The Morgan fingerprint density at radius 1 is 1.24 bits per heavy atom. The van der Waals surface area contributed by atoms with Crippen molar-refractivity contribution in [2.75, 3.05) is 13.6 Å². The zero-order valence-corrected chi connectivity index (χ0v) is 13.4. The summed E-state index contributed by atoms with van der Waals surface area (Å²) in [6, 6.07) is 6.56. The summed E-state index contributed by atoms with van der Waals surface area (Å²) in [5.41, 5.74) is 5.94. The van der Waals surface area contributed by atoms with Crippen LogP contribution < -0.4 is 5.73 Å². The maximum Gasteiger partial charge on any atom is 0.230 e. The van der Waals surface area contributed by atoms with Crippen LogP contribution in [0.4, 0.5) is 4.39 Å². The van der Waals surface area contributed by atoms with E-state index in [9.17, 15) is 9.18 Å². The van der Waals surface area contributed by atoms with Crippen LogP contribution >= 0.6 is 0 Å². The van der Waals surface area contributed by atoms with Crippen molar-refractivity contribution in [3.8, 4) is 0 Å². The van der Waals surface area contributed by atoms with Crippen LogP contribution in [0, 0.1) is 11.2 Å². The molecule has 0 unspecified atom stereocenters. The molecule has 3 nitrogen and oxygen atoms in total. The molecule has 0 atom stereocenters. The molecule has 0 aromatic heterocycles. The fourth-order valence-electron chi connectivity index (χ4n) is 2.95. The normalized spacial score (nSPS) is 11.5. The smallest absolute Gasteiger partial charge is 0.230 e. The molecule has 118 valence electrons. The molecule has 0 spiro atoms. The third-order valence-corrected chi connectivity index (χ3v) is 4.01. The number of carbonyl (C=O) groups is 1. The SMILES string of the molecule is CCCC(CN)(CCC)C(=O)N(C)Cc1ccccc1F. The van der Waals surface area contributed by atoms with Gasteiger partial charge >= 0.3 is 0 Å². The lowest BCUT2D eigenvalue weighted by Gasteiger charge is -2.35. The van der Waals surface area contributed by atoms with Crippen LogP contribution in [0.25, 0.3) is 0 Å². The standard InChI is InChI=1S/C17H27FN2O/c1-4-10-17(13-19,11-5-2)16(21)20(3)12-14-8-6-7-9-15(14)18/h6-9H,4-5,10-13,19H2,1-3H3. The van der Waals surface area contributed by atoms with Crippen LogP contribution in [0.3, 0.4) is 0 Å². The predicted octanol–water partition coefficient (Wildman–Crippen LogP) is 3.33. The highest BCUT2D eigenvalue weighted by atomic mass is 19.1. The first-order valence-corrected chi connectivity index (χ1v) is 7.69. The Labute approximate surface area is 127 Å². The molecule has 4 heteroatoms. The lowest BCUT2D eigenvalue weighted by molar-refractivity contribution is -0.142. The number of amides is 1. The molecule has 0 saturated heterocycles. The number of rotatable bonds is 8. The van der Waals surface area contributed by atoms with Crippen molar-refractivity contribution in [1.29, 1.82) is 0 Å². The average molecular weight is 294 g/mol. The highest BCUT2D eigenvalue weighted by Gasteiger charge is 2.37. The largest absolute Gasteiger partial charge is 0.341 e. The maximum atomic E-state index is 13.7. The Bertz CT molecular complexity index is 456. The summed E-state index contributed by atoms with van der Waals surface area (Å²) < 4.78 is 13.7. The summed E-state index contributed by atoms with van der Waals surface area (Å²) in [6.07, 6.45) is 3.38. The Morgan fingerprint density at radius 2 is 1.81 bits per heavy atom. The van der Waals surface area contributed by atoms with Crippen molar-refractivity contribution in [3.63, 3.8) is 0 Å². The Balaban J connectivity index is 2.90. The molecule has 0 fully saturated rings. The number of carbonyl (C=O) groups excluding carboxylic acids is 1. The number of halogens is 1. The minimum absolute atomic E-state index is 0.0250. The summed E-state index contributed by atoms with van der Waals surface area (Å²) in [6.45, 7) is 4.74. The van der Waals surface area contributed by atoms with Crippen LogP contribution in [0.5, 0.6) is 0 Å². The molecular weight excluding hydrogens is 267 g/mol. The van der Waals surface area contributed by atoms with Crippen LogP contribution in [0.1, 0.15) is 45.1 Å². The predicted molar refractivity (Wildman–Crippen MR) is 84.2 cm³/mol. The van der Waals surface area contributed by atoms with E-state index in [0.717, 1.165) is 25.7 Å². The highest BCUT2D eigenvalue weighted by molar-refractivity contribution is 5.82. The molecule has 0 aliphatic heterocycles. The van der Waals surface area contributed by atoms with E-state index in [2.05, 4.69) is 13.8 Å². The third-order valence-electron chi connectivity index (χ3n) is 4.01. The Hall–Kier alpha value is -1.42. The minimum atomic E-state index is -0.510. The van der Waals surface area contributed by atoms with E-state index in [4.69, 9.17) is 5.73 Å². The van der Waals surface area contributed by atoms with Crippen molar-refractivity contribution >= 4 is 5.91 Å². The quantitative estimate of drug-likeness (QED) is 0.799. The van der Waals surface area contributed by atoms with E-state index < -0.39 is 5.41 Å². The van der Waals surface area contributed by atoms with Gasteiger partial charge in [-0.15, -0.1) is 0 Å².